The lowest BCUT2D eigenvalue weighted by molar-refractivity contribution is 0.487. The maximum Gasteiger partial charge on any atom is 0.135 e. The van der Waals surface area contributed by atoms with Crippen molar-refractivity contribution in [3.8, 4) is 56.0 Å². The second kappa shape index (κ2) is 9.44. The highest BCUT2D eigenvalue weighted by atomic mass is 16.5. The molecular formula is C42H26O. The Morgan fingerprint density at radius 3 is 1.77 bits per heavy atom. The minimum absolute atomic E-state index is 0.525. The molecular weight excluding hydrogens is 520 g/mol. The third-order valence-corrected chi connectivity index (χ3v) is 8.79. The van der Waals surface area contributed by atoms with E-state index in [9.17, 15) is 1.37 Å². The Kier molecular flexibility index (Phi) is 5.04. The van der Waals surface area contributed by atoms with Gasteiger partial charge < -0.3 is 4.74 Å². The summed E-state index contributed by atoms with van der Waals surface area (Å²) in [6, 6.07) is 53.6. The quantitative estimate of drug-likeness (QED) is 0.200. The van der Waals surface area contributed by atoms with Gasteiger partial charge in [0.15, 0.2) is 0 Å². The summed E-state index contributed by atoms with van der Waals surface area (Å²) in [6.45, 7) is 0. The van der Waals surface area contributed by atoms with Crippen LogP contribution in [-0.4, -0.2) is 0 Å². The average Bonchev–Trinajstić information content (AvgIpc) is 3.08. The third-order valence-electron chi connectivity index (χ3n) is 8.79. The number of rotatable bonds is 3. The summed E-state index contributed by atoms with van der Waals surface area (Å²) >= 11 is 0. The molecule has 1 nitrogen and oxygen atoms in total. The minimum Gasteiger partial charge on any atom is -0.456 e. The Bertz CT molecular complexity index is 2410. The lowest BCUT2D eigenvalue weighted by Crippen LogP contribution is -1.98. The van der Waals surface area contributed by atoms with Crippen molar-refractivity contribution < 1.29 is 6.11 Å². The number of benzene rings is 8. The fraction of sp³-hybridized carbons (Fsp3) is 0. The number of hydrogen-bond donors (Lipinski definition) is 0. The molecule has 0 bridgehead atoms. The number of fused-ring (bicyclic) bond motifs is 4. The van der Waals surface area contributed by atoms with Gasteiger partial charge in [-0.05, 0) is 78.0 Å². The first-order chi connectivity index (χ1) is 21.8. The van der Waals surface area contributed by atoms with Crippen molar-refractivity contribution in [3.63, 3.8) is 0 Å². The molecule has 0 fully saturated rings. The molecule has 0 N–H and O–H groups in total. The van der Waals surface area contributed by atoms with Crippen LogP contribution in [0.15, 0.2) is 158 Å². The van der Waals surface area contributed by atoms with Gasteiger partial charge in [-0.25, -0.2) is 0 Å². The molecule has 43 heavy (non-hydrogen) atoms. The molecule has 1 aliphatic heterocycles. The SMILES string of the molecule is [2H]c1cccc2c(-c3ccc4c5c(cccc35)Oc3ccccc3-4)c3ccccc3c(-c3ccc(-c4ccccc4)cc3)c12. The second-order valence-electron chi connectivity index (χ2n) is 11.1. The average molecular weight is 548 g/mol. The highest BCUT2D eigenvalue weighted by Gasteiger charge is 2.23. The topological polar surface area (TPSA) is 9.23 Å². The van der Waals surface area contributed by atoms with Gasteiger partial charge in [-0.3, -0.25) is 0 Å². The van der Waals surface area contributed by atoms with E-state index in [0.717, 1.165) is 66.2 Å². The van der Waals surface area contributed by atoms with Crippen LogP contribution in [0.5, 0.6) is 11.5 Å². The molecule has 0 amide bonds. The summed E-state index contributed by atoms with van der Waals surface area (Å²) in [5.74, 6) is 1.76. The van der Waals surface area contributed by atoms with Crippen LogP contribution in [0.2, 0.25) is 0 Å². The van der Waals surface area contributed by atoms with Gasteiger partial charge in [-0.2, -0.15) is 0 Å². The maximum absolute atomic E-state index is 9.20. The molecule has 0 unspecified atom stereocenters. The first kappa shape index (κ1) is 23.0. The fourth-order valence-electron chi connectivity index (χ4n) is 6.90. The minimum atomic E-state index is 0.525. The highest BCUT2D eigenvalue weighted by Crippen LogP contribution is 2.51. The van der Waals surface area contributed by atoms with Gasteiger partial charge in [-0.1, -0.05) is 146 Å². The van der Waals surface area contributed by atoms with Crippen molar-refractivity contribution in [3.05, 3.63) is 158 Å². The van der Waals surface area contributed by atoms with Gasteiger partial charge in [0.25, 0.3) is 0 Å². The van der Waals surface area contributed by atoms with Crippen molar-refractivity contribution in [1.82, 2.24) is 0 Å². The molecule has 0 aliphatic carbocycles. The van der Waals surface area contributed by atoms with Crippen molar-refractivity contribution in [2.24, 2.45) is 0 Å². The van der Waals surface area contributed by atoms with Crippen LogP contribution in [0.4, 0.5) is 0 Å². The first-order valence-electron chi connectivity index (χ1n) is 15.2. The van der Waals surface area contributed by atoms with E-state index in [2.05, 4.69) is 121 Å². The van der Waals surface area contributed by atoms with Gasteiger partial charge in [0, 0.05) is 10.9 Å². The van der Waals surface area contributed by atoms with E-state index < -0.39 is 0 Å². The summed E-state index contributed by atoms with van der Waals surface area (Å²) in [4.78, 5) is 0. The number of hydrogen-bond acceptors (Lipinski definition) is 1. The molecule has 1 heteroatoms. The molecule has 200 valence electrons. The van der Waals surface area contributed by atoms with Crippen LogP contribution in [0.1, 0.15) is 1.37 Å². The van der Waals surface area contributed by atoms with E-state index in [-0.39, 0.29) is 0 Å². The molecule has 0 atom stereocenters. The van der Waals surface area contributed by atoms with E-state index in [1.807, 2.05) is 30.3 Å². The Morgan fingerprint density at radius 2 is 0.930 bits per heavy atom. The zero-order valence-electron chi connectivity index (χ0n) is 24.3. The van der Waals surface area contributed by atoms with Crippen LogP contribution in [0, 0.1) is 0 Å². The van der Waals surface area contributed by atoms with E-state index in [1.165, 1.54) is 22.1 Å². The predicted octanol–water partition coefficient (Wildman–Crippen LogP) is 11.9. The van der Waals surface area contributed by atoms with Crippen LogP contribution >= 0.6 is 0 Å². The summed E-state index contributed by atoms with van der Waals surface area (Å²) in [6.07, 6.45) is 0. The normalized spacial score (nSPS) is 12.2. The van der Waals surface area contributed by atoms with Crippen LogP contribution < -0.4 is 4.74 Å². The van der Waals surface area contributed by atoms with Crippen molar-refractivity contribution >= 4 is 32.3 Å². The fourth-order valence-corrected chi connectivity index (χ4v) is 6.90. The Hall–Kier alpha value is -5.66. The standard InChI is InChI=1S/C42H26O/c1-2-11-27(12-3-1)28-21-23-29(24-22-28)40-31-14-4-6-16-33(31)41(34-17-7-5-15-32(34)40)37-26-25-36-30-13-8-9-19-38(30)43-39-20-10-18-35(37)42(36)39/h1-26H/i14D. The summed E-state index contributed by atoms with van der Waals surface area (Å²) < 4.78 is 15.6. The lowest BCUT2D eigenvalue weighted by Gasteiger charge is -2.24. The molecule has 0 spiro atoms. The van der Waals surface area contributed by atoms with Gasteiger partial charge in [0.2, 0.25) is 0 Å². The highest BCUT2D eigenvalue weighted by molar-refractivity contribution is 6.24. The second-order valence-corrected chi connectivity index (χ2v) is 11.1. The van der Waals surface area contributed by atoms with Crippen molar-refractivity contribution in [1.29, 1.82) is 0 Å². The van der Waals surface area contributed by atoms with Gasteiger partial charge in [-0.15, -0.1) is 0 Å². The smallest absolute Gasteiger partial charge is 0.135 e. The number of para-hydroxylation sites is 1. The largest absolute Gasteiger partial charge is 0.456 e. The molecule has 0 radical (unpaired) electrons. The summed E-state index contributed by atoms with van der Waals surface area (Å²) in [5.41, 5.74) is 9.18. The number of ether oxygens (including phenoxy) is 1. The van der Waals surface area contributed by atoms with Gasteiger partial charge in [0.05, 0.1) is 1.37 Å². The van der Waals surface area contributed by atoms with Gasteiger partial charge in [0.1, 0.15) is 11.5 Å². The van der Waals surface area contributed by atoms with E-state index in [4.69, 9.17) is 4.74 Å². The lowest BCUT2D eigenvalue weighted by atomic mass is 9.83. The van der Waals surface area contributed by atoms with Crippen LogP contribution in [0.25, 0.3) is 76.8 Å². The monoisotopic (exact) mass is 547 g/mol. The first-order valence-corrected chi connectivity index (χ1v) is 14.7. The molecule has 8 aromatic carbocycles. The van der Waals surface area contributed by atoms with E-state index in [1.54, 1.807) is 0 Å². The molecule has 0 aromatic heterocycles. The zero-order valence-corrected chi connectivity index (χ0v) is 23.3. The van der Waals surface area contributed by atoms with Crippen LogP contribution in [0.3, 0.4) is 0 Å². The Labute approximate surface area is 251 Å². The van der Waals surface area contributed by atoms with Crippen molar-refractivity contribution in [2.75, 3.05) is 0 Å². The Balaban J connectivity index is 1.35. The summed E-state index contributed by atoms with van der Waals surface area (Å²) in [5, 5.41) is 6.64. The van der Waals surface area contributed by atoms with Crippen molar-refractivity contribution in [2.45, 2.75) is 0 Å². The van der Waals surface area contributed by atoms with Gasteiger partial charge >= 0.3 is 0 Å². The molecule has 9 rings (SSSR count). The van der Waals surface area contributed by atoms with E-state index >= 15 is 0 Å². The zero-order chi connectivity index (χ0) is 29.2. The predicted molar refractivity (Wildman–Crippen MR) is 181 cm³/mol. The molecule has 1 heterocycles. The molecule has 0 saturated heterocycles. The summed E-state index contributed by atoms with van der Waals surface area (Å²) in [7, 11) is 0. The molecule has 0 saturated carbocycles. The molecule has 1 aliphatic rings. The van der Waals surface area contributed by atoms with E-state index in [0.29, 0.717) is 6.04 Å². The Morgan fingerprint density at radius 1 is 0.349 bits per heavy atom. The maximum atomic E-state index is 9.20. The van der Waals surface area contributed by atoms with Crippen LogP contribution in [-0.2, 0) is 0 Å². The molecule has 8 aromatic rings. The third kappa shape index (κ3) is 3.65.